The molecule has 0 saturated carbocycles. The molecular weight excluding hydrogens is 354 g/mol. The summed E-state index contributed by atoms with van der Waals surface area (Å²) in [5.41, 5.74) is 5.54. The van der Waals surface area contributed by atoms with Crippen LogP contribution in [0.25, 0.3) is 11.0 Å². The summed E-state index contributed by atoms with van der Waals surface area (Å²) in [6.07, 6.45) is 5.44. The van der Waals surface area contributed by atoms with Crippen LogP contribution in [-0.2, 0) is 30.6 Å². The lowest BCUT2D eigenvalue weighted by atomic mass is 10.0. The number of methoxy groups -OCH3 is 1. The molecule has 2 aromatic carbocycles. The number of nitrogens with one attached hydrogen (secondary N) is 1. The Kier molecular flexibility index (Phi) is 5.24. The van der Waals surface area contributed by atoms with Gasteiger partial charge in [-0.25, -0.2) is 0 Å². The van der Waals surface area contributed by atoms with E-state index in [-0.39, 0.29) is 5.91 Å². The van der Waals surface area contributed by atoms with E-state index in [0.717, 1.165) is 34.9 Å². The second kappa shape index (κ2) is 7.97. The molecule has 5 heteroatoms. The molecule has 1 aliphatic rings. The van der Waals surface area contributed by atoms with E-state index in [9.17, 15) is 4.79 Å². The molecule has 146 valence electrons. The lowest BCUT2D eigenvalue weighted by molar-refractivity contribution is -0.120. The third-order valence-electron chi connectivity index (χ3n) is 5.24. The quantitative estimate of drug-likeness (QED) is 0.669. The molecule has 0 atom stereocenters. The molecule has 5 nitrogen and oxygen atoms in total. The van der Waals surface area contributed by atoms with Crippen LogP contribution >= 0.6 is 0 Å². The SMILES string of the molecule is CCOc1ccc(CNC(=O)Cc2coc3cc4c(cc23)CCC4)cc1OC. The van der Waals surface area contributed by atoms with Gasteiger partial charge in [0.15, 0.2) is 11.5 Å². The molecule has 0 aliphatic heterocycles. The highest BCUT2D eigenvalue weighted by Crippen LogP contribution is 2.31. The molecule has 1 N–H and O–H groups in total. The van der Waals surface area contributed by atoms with Gasteiger partial charge in [-0.2, -0.15) is 0 Å². The number of furan rings is 1. The molecule has 3 aromatic rings. The largest absolute Gasteiger partial charge is 0.493 e. The van der Waals surface area contributed by atoms with Crippen LogP contribution in [0, 0.1) is 0 Å². The molecule has 0 radical (unpaired) electrons. The van der Waals surface area contributed by atoms with E-state index >= 15 is 0 Å². The van der Waals surface area contributed by atoms with Gasteiger partial charge in [0.1, 0.15) is 5.58 Å². The fourth-order valence-electron chi connectivity index (χ4n) is 3.82. The number of fused-ring (bicyclic) bond motifs is 2. The smallest absolute Gasteiger partial charge is 0.224 e. The van der Waals surface area contributed by atoms with Crippen LogP contribution in [0.5, 0.6) is 11.5 Å². The standard InChI is InChI=1S/C23H25NO4/c1-3-27-20-8-7-15(9-22(20)26-2)13-24-23(25)12-18-14-28-21-11-17-6-4-5-16(17)10-19(18)21/h7-11,14H,3-6,12-13H2,1-2H3,(H,24,25). The van der Waals surface area contributed by atoms with Gasteiger partial charge in [0.05, 0.1) is 26.4 Å². The van der Waals surface area contributed by atoms with Crippen molar-refractivity contribution in [2.75, 3.05) is 13.7 Å². The normalized spacial score (nSPS) is 12.8. The fourth-order valence-corrected chi connectivity index (χ4v) is 3.82. The third kappa shape index (κ3) is 3.70. The van der Waals surface area contributed by atoms with Crippen molar-refractivity contribution in [2.24, 2.45) is 0 Å². The maximum absolute atomic E-state index is 12.5. The van der Waals surface area contributed by atoms with Crippen LogP contribution in [-0.4, -0.2) is 19.6 Å². The second-order valence-electron chi connectivity index (χ2n) is 7.10. The topological polar surface area (TPSA) is 60.7 Å². The van der Waals surface area contributed by atoms with E-state index in [2.05, 4.69) is 17.4 Å². The molecule has 4 rings (SSSR count). The highest BCUT2D eigenvalue weighted by Gasteiger charge is 2.16. The summed E-state index contributed by atoms with van der Waals surface area (Å²) in [6.45, 7) is 2.95. The Hall–Kier alpha value is -2.95. The molecule has 0 spiro atoms. The monoisotopic (exact) mass is 379 g/mol. The van der Waals surface area contributed by atoms with Gasteiger partial charge in [-0.05, 0) is 67.1 Å². The van der Waals surface area contributed by atoms with Crippen LogP contribution < -0.4 is 14.8 Å². The molecule has 1 aliphatic carbocycles. The highest BCUT2D eigenvalue weighted by molar-refractivity contribution is 5.88. The van der Waals surface area contributed by atoms with Crippen LogP contribution in [0.3, 0.4) is 0 Å². The van der Waals surface area contributed by atoms with E-state index in [0.29, 0.717) is 31.1 Å². The van der Waals surface area contributed by atoms with Crippen LogP contribution in [0.2, 0.25) is 0 Å². The van der Waals surface area contributed by atoms with Gasteiger partial charge >= 0.3 is 0 Å². The number of carbonyl (C=O) groups excluding carboxylic acids is 1. The number of hydrogen-bond donors (Lipinski definition) is 1. The summed E-state index contributed by atoms with van der Waals surface area (Å²) in [7, 11) is 1.61. The van der Waals surface area contributed by atoms with Crippen molar-refractivity contribution in [1.29, 1.82) is 0 Å². The zero-order chi connectivity index (χ0) is 19.5. The minimum atomic E-state index is -0.0314. The van der Waals surface area contributed by atoms with Crippen molar-refractivity contribution < 1.29 is 18.7 Å². The van der Waals surface area contributed by atoms with Crippen molar-refractivity contribution in [3.05, 3.63) is 58.8 Å². The molecular formula is C23H25NO4. The molecule has 0 fully saturated rings. The van der Waals surface area contributed by atoms with Crippen LogP contribution in [0.4, 0.5) is 0 Å². The Morgan fingerprint density at radius 1 is 1.14 bits per heavy atom. The minimum absolute atomic E-state index is 0.0314. The molecule has 1 aromatic heterocycles. The molecule has 28 heavy (non-hydrogen) atoms. The van der Waals surface area contributed by atoms with Crippen molar-refractivity contribution in [2.45, 2.75) is 39.2 Å². The predicted octanol–water partition coefficient (Wildman–Crippen LogP) is 4.19. The van der Waals surface area contributed by atoms with E-state index in [1.165, 1.54) is 17.5 Å². The number of aryl methyl sites for hydroxylation is 2. The lowest BCUT2D eigenvalue weighted by Gasteiger charge is -2.11. The summed E-state index contributed by atoms with van der Waals surface area (Å²) in [5.74, 6) is 1.34. The average molecular weight is 379 g/mol. The second-order valence-corrected chi connectivity index (χ2v) is 7.10. The van der Waals surface area contributed by atoms with Gasteiger partial charge in [-0.15, -0.1) is 0 Å². The van der Waals surface area contributed by atoms with Crippen LogP contribution in [0.15, 0.2) is 41.0 Å². The van der Waals surface area contributed by atoms with Crippen molar-refractivity contribution in [3.63, 3.8) is 0 Å². The Labute approximate surface area is 164 Å². The van der Waals surface area contributed by atoms with Gasteiger partial charge < -0.3 is 19.2 Å². The molecule has 0 saturated heterocycles. The first kappa shape index (κ1) is 18.4. The van der Waals surface area contributed by atoms with Gasteiger partial charge in [0.25, 0.3) is 0 Å². The van der Waals surface area contributed by atoms with E-state index in [1.807, 2.05) is 25.1 Å². The average Bonchev–Trinajstić information content (AvgIpc) is 3.32. The highest BCUT2D eigenvalue weighted by atomic mass is 16.5. The lowest BCUT2D eigenvalue weighted by Crippen LogP contribution is -2.24. The Morgan fingerprint density at radius 2 is 1.96 bits per heavy atom. The maximum atomic E-state index is 12.5. The summed E-state index contributed by atoms with van der Waals surface area (Å²) in [6, 6.07) is 10.0. The Bertz CT molecular complexity index is 1010. The Balaban J connectivity index is 1.42. The number of benzene rings is 2. The predicted molar refractivity (Wildman–Crippen MR) is 108 cm³/mol. The molecule has 0 bridgehead atoms. The van der Waals surface area contributed by atoms with E-state index < -0.39 is 0 Å². The third-order valence-corrected chi connectivity index (χ3v) is 5.24. The number of ether oxygens (including phenoxy) is 2. The maximum Gasteiger partial charge on any atom is 0.224 e. The number of amides is 1. The van der Waals surface area contributed by atoms with Crippen LogP contribution in [0.1, 0.15) is 35.6 Å². The number of rotatable bonds is 7. The summed E-state index contributed by atoms with van der Waals surface area (Å²) < 4.78 is 16.6. The summed E-state index contributed by atoms with van der Waals surface area (Å²) in [4.78, 5) is 12.5. The number of carbonyl (C=O) groups is 1. The Morgan fingerprint density at radius 3 is 2.75 bits per heavy atom. The van der Waals surface area contributed by atoms with Crippen molar-refractivity contribution in [1.82, 2.24) is 5.32 Å². The van der Waals surface area contributed by atoms with Crippen molar-refractivity contribution in [3.8, 4) is 11.5 Å². The number of hydrogen-bond acceptors (Lipinski definition) is 4. The molecule has 1 heterocycles. The molecule has 1 amide bonds. The van der Waals surface area contributed by atoms with E-state index in [1.54, 1.807) is 13.4 Å². The van der Waals surface area contributed by atoms with Gasteiger partial charge in [-0.3, -0.25) is 4.79 Å². The zero-order valence-corrected chi connectivity index (χ0v) is 16.3. The van der Waals surface area contributed by atoms with Crippen molar-refractivity contribution >= 4 is 16.9 Å². The summed E-state index contributed by atoms with van der Waals surface area (Å²) >= 11 is 0. The minimum Gasteiger partial charge on any atom is -0.493 e. The first-order chi connectivity index (χ1) is 13.7. The zero-order valence-electron chi connectivity index (χ0n) is 16.3. The van der Waals surface area contributed by atoms with Gasteiger partial charge in [0.2, 0.25) is 5.91 Å². The first-order valence-corrected chi connectivity index (χ1v) is 9.76. The first-order valence-electron chi connectivity index (χ1n) is 9.76. The van der Waals surface area contributed by atoms with E-state index in [4.69, 9.17) is 13.9 Å². The van der Waals surface area contributed by atoms with Gasteiger partial charge in [0, 0.05) is 17.5 Å². The summed E-state index contributed by atoms with van der Waals surface area (Å²) in [5, 5.41) is 4.03. The molecule has 0 unspecified atom stereocenters. The van der Waals surface area contributed by atoms with Gasteiger partial charge in [-0.1, -0.05) is 6.07 Å². The fraction of sp³-hybridized carbons (Fsp3) is 0.348.